The molecule has 0 amide bonds. The van der Waals surface area contributed by atoms with E-state index in [0.29, 0.717) is 11.8 Å². The number of hydrogen-bond donors (Lipinski definition) is 1. The molecule has 0 bridgehead atoms. The van der Waals surface area contributed by atoms with Crippen LogP contribution in [-0.2, 0) is 0 Å². The highest BCUT2D eigenvalue weighted by Gasteiger charge is 2.25. The molecule has 0 radical (unpaired) electrons. The quantitative estimate of drug-likeness (QED) is 0.649. The van der Waals surface area contributed by atoms with Crippen LogP contribution in [0.2, 0.25) is 0 Å². The van der Waals surface area contributed by atoms with Gasteiger partial charge in [-0.05, 0) is 25.0 Å². The minimum atomic E-state index is -0.634. The van der Waals surface area contributed by atoms with Crippen molar-refractivity contribution in [3.8, 4) is 0 Å². The summed E-state index contributed by atoms with van der Waals surface area (Å²) in [5.41, 5.74) is 5.74. The molecule has 1 fully saturated rings. The summed E-state index contributed by atoms with van der Waals surface area (Å²) in [7, 11) is 0. The average molecular weight is 246 g/mol. The fraction of sp³-hybridized carbons (Fsp3) is 0.231. The van der Waals surface area contributed by atoms with Crippen LogP contribution in [-0.4, -0.2) is 10.9 Å². The van der Waals surface area contributed by atoms with Gasteiger partial charge in [0.1, 0.15) is 5.82 Å². The Bertz CT molecular complexity index is 717. The minimum Gasteiger partial charge on any atom is -0.396 e. The van der Waals surface area contributed by atoms with Gasteiger partial charge in [0.2, 0.25) is 0 Å². The molecule has 2 aromatic rings. The average Bonchev–Trinajstić information content (AvgIpc) is 3.17. The summed E-state index contributed by atoms with van der Waals surface area (Å²) in [6, 6.07) is 2.84. The standard InChI is InChI=1S/C13H11FN2O2/c14-10-3-9-12(4-11(10)15)16(8-1-2-8)5-7(6-17)13(9)18/h3-6,8H,1-2,15H2. The third-order valence-corrected chi connectivity index (χ3v) is 3.25. The van der Waals surface area contributed by atoms with Crippen LogP contribution >= 0.6 is 0 Å². The Morgan fingerprint density at radius 2 is 2.11 bits per heavy atom. The number of fused-ring (bicyclic) bond motifs is 1. The number of benzene rings is 1. The number of anilines is 1. The van der Waals surface area contributed by atoms with Gasteiger partial charge in [-0.3, -0.25) is 9.59 Å². The molecule has 1 saturated carbocycles. The number of hydrogen-bond acceptors (Lipinski definition) is 3. The summed E-state index contributed by atoms with van der Waals surface area (Å²) >= 11 is 0. The molecule has 1 aliphatic rings. The zero-order valence-electron chi connectivity index (χ0n) is 9.52. The van der Waals surface area contributed by atoms with Gasteiger partial charge in [0.25, 0.3) is 0 Å². The number of rotatable bonds is 2. The highest BCUT2D eigenvalue weighted by Crippen LogP contribution is 2.37. The molecule has 0 spiro atoms. The number of nitrogens with two attached hydrogens (primary N) is 1. The predicted molar refractivity (Wildman–Crippen MR) is 66.2 cm³/mol. The van der Waals surface area contributed by atoms with Gasteiger partial charge >= 0.3 is 0 Å². The maximum Gasteiger partial charge on any atom is 0.199 e. The van der Waals surface area contributed by atoms with Crippen LogP contribution in [0.3, 0.4) is 0 Å². The molecule has 1 aromatic carbocycles. The summed E-state index contributed by atoms with van der Waals surface area (Å²) < 4.78 is 15.3. The van der Waals surface area contributed by atoms with Gasteiger partial charge in [-0.1, -0.05) is 0 Å². The van der Waals surface area contributed by atoms with Crippen LogP contribution in [0.25, 0.3) is 10.9 Å². The van der Waals surface area contributed by atoms with Crippen molar-refractivity contribution in [1.29, 1.82) is 0 Å². The SMILES string of the molecule is Nc1cc2c(cc1F)c(=O)c(C=O)cn2C1CC1. The first-order valence-electron chi connectivity index (χ1n) is 5.71. The molecule has 1 heterocycles. The van der Waals surface area contributed by atoms with E-state index < -0.39 is 11.2 Å². The normalized spacial score (nSPS) is 14.9. The second-order valence-electron chi connectivity index (χ2n) is 4.56. The lowest BCUT2D eigenvalue weighted by atomic mass is 10.1. The Morgan fingerprint density at radius 3 is 2.72 bits per heavy atom. The fourth-order valence-corrected chi connectivity index (χ4v) is 2.15. The van der Waals surface area contributed by atoms with Gasteiger partial charge in [0.05, 0.1) is 16.8 Å². The van der Waals surface area contributed by atoms with Gasteiger partial charge in [0.15, 0.2) is 11.7 Å². The number of carbonyl (C=O) groups is 1. The predicted octanol–water partition coefficient (Wildman–Crippen LogP) is 1.87. The second-order valence-corrected chi connectivity index (χ2v) is 4.56. The van der Waals surface area contributed by atoms with Crippen molar-refractivity contribution in [2.75, 3.05) is 5.73 Å². The monoisotopic (exact) mass is 246 g/mol. The number of halogens is 1. The molecule has 0 unspecified atom stereocenters. The summed E-state index contributed by atoms with van der Waals surface area (Å²) in [5, 5.41) is 0.207. The number of aldehydes is 1. The molecule has 0 aliphatic heterocycles. The second kappa shape index (κ2) is 3.66. The van der Waals surface area contributed by atoms with Gasteiger partial charge in [-0.15, -0.1) is 0 Å². The van der Waals surface area contributed by atoms with Crippen molar-refractivity contribution in [3.63, 3.8) is 0 Å². The number of pyridine rings is 1. The summed E-state index contributed by atoms with van der Waals surface area (Å²) in [4.78, 5) is 22.9. The molecule has 1 aromatic heterocycles. The van der Waals surface area contributed by atoms with Crippen LogP contribution in [0.1, 0.15) is 29.2 Å². The fourth-order valence-electron chi connectivity index (χ4n) is 2.15. The first-order chi connectivity index (χ1) is 8.61. The van der Waals surface area contributed by atoms with Gasteiger partial charge in [0, 0.05) is 17.6 Å². The molecular formula is C13H11FN2O2. The molecule has 0 atom stereocenters. The zero-order chi connectivity index (χ0) is 12.9. The van der Waals surface area contributed by atoms with E-state index in [4.69, 9.17) is 5.73 Å². The van der Waals surface area contributed by atoms with E-state index in [2.05, 4.69) is 0 Å². The minimum absolute atomic E-state index is 0.00940. The lowest BCUT2D eigenvalue weighted by molar-refractivity contribution is 0.112. The molecule has 0 saturated heterocycles. The van der Waals surface area contributed by atoms with Crippen molar-refractivity contribution in [1.82, 2.24) is 4.57 Å². The molecule has 5 heteroatoms. The van der Waals surface area contributed by atoms with Crippen LogP contribution in [0, 0.1) is 5.82 Å². The Labute approximate surface area is 102 Å². The third kappa shape index (κ3) is 1.51. The van der Waals surface area contributed by atoms with E-state index >= 15 is 0 Å². The van der Waals surface area contributed by atoms with E-state index in [-0.39, 0.29) is 22.7 Å². The molecule has 18 heavy (non-hydrogen) atoms. The molecule has 4 nitrogen and oxygen atoms in total. The molecule has 92 valence electrons. The molecule has 3 rings (SSSR count). The Kier molecular flexibility index (Phi) is 2.23. The van der Waals surface area contributed by atoms with Crippen molar-refractivity contribution in [3.05, 3.63) is 39.9 Å². The van der Waals surface area contributed by atoms with Gasteiger partial charge in [-0.25, -0.2) is 4.39 Å². The topological polar surface area (TPSA) is 65.1 Å². The summed E-state index contributed by atoms with van der Waals surface area (Å²) in [5.74, 6) is -0.634. The van der Waals surface area contributed by atoms with Crippen molar-refractivity contribution < 1.29 is 9.18 Å². The van der Waals surface area contributed by atoms with E-state index in [1.807, 2.05) is 4.57 Å². The van der Waals surface area contributed by atoms with Crippen molar-refractivity contribution >= 4 is 22.9 Å². The Balaban J connectivity index is 2.46. The number of nitrogens with zero attached hydrogens (tertiary/aromatic N) is 1. The largest absolute Gasteiger partial charge is 0.396 e. The number of nitrogen functional groups attached to an aromatic ring is 1. The number of carbonyl (C=O) groups excluding carboxylic acids is 1. The summed E-state index contributed by atoms with van der Waals surface area (Å²) in [6.07, 6.45) is 4.03. The van der Waals surface area contributed by atoms with E-state index in [0.717, 1.165) is 18.9 Å². The first kappa shape index (κ1) is 11.0. The van der Waals surface area contributed by atoms with E-state index in [1.165, 1.54) is 12.3 Å². The maximum absolute atomic E-state index is 13.5. The number of aromatic nitrogens is 1. The molecule has 1 aliphatic carbocycles. The van der Waals surface area contributed by atoms with Crippen LogP contribution < -0.4 is 11.2 Å². The highest BCUT2D eigenvalue weighted by molar-refractivity contribution is 5.88. The first-order valence-corrected chi connectivity index (χ1v) is 5.71. The smallest absolute Gasteiger partial charge is 0.199 e. The molecule has 2 N–H and O–H groups in total. The van der Waals surface area contributed by atoms with Crippen LogP contribution in [0.4, 0.5) is 10.1 Å². The van der Waals surface area contributed by atoms with Crippen molar-refractivity contribution in [2.45, 2.75) is 18.9 Å². The lowest BCUT2D eigenvalue weighted by Gasteiger charge is -2.11. The van der Waals surface area contributed by atoms with Crippen LogP contribution in [0.15, 0.2) is 23.1 Å². The van der Waals surface area contributed by atoms with E-state index in [9.17, 15) is 14.0 Å². The highest BCUT2D eigenvalue weighted by atomic mass is 19.1. The van der Waals surface area contributed by atoms with E-state index in [1.54, 1.807) is 0 Å². The van der Waals surface area contributed by atoms with Crippen LogP contribution in [0.5, 0.6) is 0 Å². The maximum atomic E-state index is 13.5. The van der Waals surface area contributed by atoms with Crippen molar-refractivity contribution in [2.24, 2.45) is 0 Å². The van der Waals surface area contributed by atoms with Gasteiger partial charge < -0.3 is 10.3 Å². The lowest BCUT2D eigenvalue weighted by Crippen LogP contribution is -2.14. The third-order valence-electron chi connectivity index (χ3n) is 3.25. The Morgan fingerprint density at radius 1 is 1.39 bits per heavy atom. The molecular weight excluding hydrogens is 235 g/mol. The van der Waals surface area contributed by atoms with Gasteiger partial charge in [-0.2, -0.15) is 0 Å². The summed E-state index contributed by atoms with van der Waals surface area (Å²) in [6.45, 7) is 0. The Hall–Kier alpha value is -2.17. The zero-order valence-corrected chi connectivity index (χ0v) is 9.52.